The first-order valence-electron chi connectivity index (χ1n) is 7.48. The highest BCUT2D eigenvalue weighted by atomic mass is 16.3. The van der Waals surface area contributed by atoms with Gasteiger partial charge in [-0.05, 0) is 25.0 Å². The SMILES string of the molecule is NCC1(C(=O)N2CCN(Cc3ccco3)CC2)CCC1. The lowest BCUT2D eigenvalue weighted by Crippen LogP contribution is -2.56. The van der Waals surface area contributed by atoms with Gasteiger partial charge in [-0.25, -0.2) is 0 Å². The number of hydrogen-bond donors (Lipinski definition) is 1. The van der Waals surface area contributed by atoms with E-state index in [1.807, 2.05) is 17.0 Å². The lowest BCUT2D eigenvalue weighted by Gasteiger charge is -2.45. The molecule has 5 nitrogen and oxygen atoms in total. The van der Waals surface area contributed by atoms with Crippen molar-refractivity contribution in [3.63, 3.8) is 0 Å². The number of nitrogens with zero attached hydrogens (tertiary/aromatic N) is 2. The van der Waals surface area contributed by atoms with Crippen LogP contribution in [0.25, 0.3) is 0 Å². The predicted octanol–water partition coefficient (Wildman–Crippen LogP) is 1.05. The van der Waals surface area contributed by atoms with Crippen LogP contribution in [0.15, 0.2) is 22.8 Å². The molecule has 0 unspecified atom stereocenters. The number of carbonyl (C=O) groups is 1. The Morgan fingerprint density at radius 3 is 2.55 bits per heavy atom. The summed E-state index contributed by atoms with van der Waals surface area (Å²) in [5, 5.41) is 0. The van der Waals surface area contributed by atoms with Crippen LogP contribution in [0, 0.1) is 5.41 Å². The minimum absolute atomic E-state index is 0.233. The molecule has 0 radical (unpaired) electrons. The fourth-order valence-electron chi connectivity index (χ4n) is 3.18. The number of nitrogens with two attached hydrogens (primary N) is 1. The zero-order chi connectivity index (χ0) is 14.0. The Morgan fingerprint density at radius 1 is 1.30 bits per heavy atom. The molecule has 0 bridgehead atoms. The van der Waals surface area contributed by atoms with E-state index in [2.05, 4.69) is 4.90 Å². The largest absolute Gasteiger partial charge is 0.468 e. The minimum atomic E-state index is -0.233. The molecule has 5 heteroatoms. The van der Waals surface area contributed by atoms with Crippen LogP contribution < -0.4 is 5.73 Å². The molecule has 0 atom stereocenters. The van der Waals surface area contributed by atoms with Gasteiger partial charge in [0.1, 0.15) is 5.76 Å². The number of furan rings is 1. The van der Waals surface area contributed by atoms with E-state index in [4.69, 9.17) is 10.2 Å². The van der Waals surface area contributed by atoms with Crippen molar-refractivity contribution >= 4 is 5.91 Å². The van der Waals surface area contributed by atoms with Gasteiger partial charge in [-0.2, -0.15) is 0 Å². The van der Waals surface area contributed by atoms with Gasteiger partial charge in [-0.1, -0.05) is 6.42 Å². The fourth-order valence-corrected chi connectivity index (χ4v) is 3.18. The number of carbonyl (C=O) groups excluding carboxylic acids is 1. The highest BCUT2D eigenvalue weighted by Gasteiger charge is 2.45. The smallest absolute Gasteiger partial charge is 0.230 e. The molecule has 0 aromatic carbocycles. The molecule has 1 aromatic heterocycles. The lowest BCUT2D eigenvalue weighted by atomic mass is 9.67. The zero-order valence-electron chi connectivity index (χ0n) is 11.9. The van der Waals surface area contributed by atoms with E-state index in [1.165, 1.54) is 0 Å². The maximum Gasteiger partial charge on any atom is 0.230 e. The van der Waals surface area contributed by atoms with Gasteiger partial charge in [0.2, 0.25) is 5.91 Å². The number of rotatable bonds is 4. The Bertz CT molecular complexity index is 440. The number of hydrogen-bond acceptors (Lipinski definition) is 4. The van der Waals surface area contributed by atoms with Crippen molar-refractivity contribution in [2.45, 2.75) is 25.8 Å². The normalized spacial score (nSPS) is 22.6. The summed E-state index contributed by atoms with van der Waals surface area (Å²) in [6, 6.07) is 3.91. The molecule has 2 heterocycles. The van der Waals surface area contributed by atoms with Gasteiger partial charge in [-0.15, -0.1) is 0 Å². The van der Waals surface area contributed by atoms with Gasteiger partial charge in [-0.3, -0.25) is 9.69 Å². The summed E-state index contributed by atoms with van der Waals surface area (Å²) >= 11 is 0. The third-order valence-electron chi connectivity index (χ3n) is 4.77. The monoisotopic (exact) mass is 277 g/mol. The molecule has 1 amide bonds. The van der Waals surface area contributed by atoms with E-state index in [0.29, 0.717) is 6.54 Å². The Balaban J connectivity index is 1.52. The van der Waals surface area contributed by atoms with Crippen molar-refractivity contribution in [2.75, 3.05) is 32.7 Å². The van der Waals surface area contributed by atoms with Gasteiger partial charge in [0.05, 0.1) is 18.2 Å². The lowest BCUT2D eigenvalue weighted by molar-refractivity contribution is -0.148. The Hall–Kier alpha value is -1.33. The summed E-state index contributed by atoms with van der Waals surface area (Å²) in [4.78, 5) is 16.9. The highest BCUT2D eigenvalue weighted by Crippen LogP contribution is 2.41. The third-order valence-corrected chi connectivity index (χ3v) is 4.77. The maximum absolute atomic E-state index is 12.6. The van der Waals surface area contributed by atoms with Crippen LogP contribution in [-0.2, 0) is 11.3 Å². The second-order valence-corrected chi connectivity index (χ2v) is 5.99. The average molecular weight is 277 g/mol. The van der Waals surface area contributed by atoms with Crippen LogP contribution >= 0.6 is 0 Å². The molecule has 1 saturated carbocycles. The second kappa shape index (κ2) is 5.58. The first kappa shape index (κ1) is 13.6. The fraction of sp³-hybridized carbons (Fsp3) is 0.667. The molecular weight excluding hydrogens is 254 g/mol. The average Bonchev–Trinajstić information content (AvgIpc) is 2.92. The molecule has 20 heavy (non-hydrogen) atoms. The molecule has 3 rings (SSSR count). The second-order valence-electron chi connectivity index (χ2n) is 5.99. The molecular formula is C15H23N3O2. The van der Waals surface area contributed by atoms with Crippen LogP contribution in [0.2, 0.25) is 0 Å². The minimum Gasteiger partial charge on any atom is -0.468 e. The summed E-state index contributed by atoms with van der Waals surface area (Å²) in [5.41, 5.74) is 5.59. The Labute approximate surface area is 119 Å². The van der Waals surface area contributed by atoms with Crippen LogP contribution in [0.3, 0.4) is 0 Å². The van der Waals surface area contributed by atoms with Crippen LogP contribution in [0.5, 0.6) is 0 Å². The summed E-state index contributed by atoms with van der Waals surface area (Å²) in [6.45, 7) is 4.76. The van der Waals surface area contributed by atoms with Gasteiger partial charge in [0.15, 0.2) is 0 Å². The first-order chi connectivity index (χ1) is 9.73. The molecule has 2 N–H and O–H groups in total. The predicted molar refractivity (Wildman–Crippen MR) is 75.9 cm³/mol. The van der Waals surface area contributed by atoms with Crippen LogP contribution in [-0.4, -0.2) is 48.4 Å². The highest BCUT2D eigenvalue weighted by molar-refractivity contribution is 5.84. The van der Waals surface area contributed by atoms with Crippen molar-refractivity contribution in [1.82, 2.24) is 9.80 Å². The Morgan fingerprint density at radius 2 is 2.05 bits per heavy atom. The quantitative estimate of drug-likeness (QED) is 0.893. The molecule has 1 aliphatic heterocycles. The van der Waals surface area contributed by atoms with E-state index in [-0.39, 0.29) is 11.3 Å². The first-order valence-corrected chi connectivity index (χ1v) is 7.48. The molecule has 110 valence electrons. The van der Waals surface area contributed by atoms with Crippen LogP contribution in [0.4, 0.5) is 0 Å². The molecule has 1 aliphatic carbocycles. The van der Waals surface area contributed by atoms with Crippen molar-refractivity contribution in [3.05, 3.63) is 24.2 Å². The Kier molecular flexibility index (Phi) is 3.81. The van der Waals surface area contributed by atoms with Crippen molar-refractivity contribution in [1.29, 1.82) is 0 Å². The van der Waals surface area contributed by atoms with Gasteiger partial charge in [0.25, 0.3) is 0 Å². The van der Waals surface area contributed by atoms with E-state index in [9.17, 15) is 4.79 Å². The molecule has 1 saturated heterocycles. The molecule has 2 fully saturated rings. The summed E-state index contributed by atoms with van der Waals surface area (Å²) < 4.78 is 5.37. The van der Waals surface area contributed by atoms with E-state index in [0.717, 1.165) is 57.7 Å². The zero-order valence-corrected chi connectivity index (χ0v) is 11.9. The maximum atomic E-state index is 12.6. The summed E-state index contributed by atoms with van der Waals surface area (Å²) in [5.74, 6) is 1.27. The topological polar surface area (TPSA) is 62.7 Å². The van der Waals surface area contributed by atoms with Gasteiger partial charge >= 0.3 is 0 Å². The molecule has 2 aliphatic rings. The van der Waals surface area contributed by atoms with Crippen molar-refractivity contribution < 1.29 is 9.21 Å². The molecule has 0 spiro atoms. The van der Waals surface area contributed by atoms with E-state index < -0.39 is 0 Å². The third kappa shape index (κ3) is 2.47. The van der Waals surface area contributed by atoms with Crippen LogP contribution in [0.1, 0.15) is 25.0 Å². The standard InChI is InChI=1S/C15H23N3O2/c16-12-15(4-2-5-15)14(19)18-8-6-17(7-9-18)11-13-3-1-10-20-13/h1,3,10H,2,4-9,11-12,16H2. The van der Waals surface area contributed by atoms with Gasteiger partial charge < -0.3 is 15.1 Å². The van der Waals surface area contributed by atoms with Crippen molar-refractivity contribution in [3.8, 4) is 0 Å². The van der Waals surface area contributed by atoms with E-state index >= 15 is 0 Å². The number of amides is 1. The van der Waals surface area contributed by atoms with Crippen molar-refractivity contribution in [2.24, 2.45) is 11.1 Å². The summed E-state index contributed by atoms with van der Waals surface area (Å²) in [7, 11) is 0. The number of piperazine rings is 1. The summed E-state index contributed by atoms with van der Waals surface area (Å²) in [6.07, 6.45) is 4.78. The van der Waals surface area contributed by atoms with E-state index in [1.54, 1.807) is 6.26 Å². The van der Waals surface area contributed by atoms with Gasteiger partial charge in [0, 0.05) is 32.7 Å². The molecule has 1 aromatic rings.